The third kappa shape index (κ3) is 20.6. The van der Waals surface area contributed by atoms with Crippen molar-refractivity contribution in [2.24, 2.45) is 39.9 Å². The van der Waals surface area contributed by atoms with E-state index in [1.165, 1.54) is 0 Å². The van der Waals surface area contributed by atoms with Crippen LogP contribution in [-0.4, -0.2) is 46.9 Å². The minimum atomic E-state index is -0.462. The van der Waals surface area contributed by atoms with Crippen LogP contribution in [0.5, 0.6) is 0 Å². The Kier molecular flexibility index (Phi) is 30.3. The van der Waals surface area contributed by atoms with E-state index in [-0.39, 0.29) is 102 Å². The van der Waals surface area contributed by atoms with Crippen molar-refractivity contribution >= 4 is 150 Å². The Morgan fingerprint density at radius 3 is 0.986 bits per heavy atom. The van der Waals surface area contributed by atoms with Gasteiger partial charge >= 0.3 is 80.3 Å². The van der Waals surface area contributed by atoms with Crippen LogP contribution in [0.1, 0.15) is 224 Å². The Hall–Kier alpha value is -14.5. The van der Waals surface area contributed by atoms with Gasteiger partial charge in [-0.15, -0.1) is 68.3 Å². The van der Waals surface area contributed by atoms with Gasteiger partial charge in [-0.3, -0.25) is 39.9 Å². The van der Waals surface area contributed by atoms with Crippen molar-refractivity contribution in [3.63, 3.8) is 0 Å². The van der Waals surface area contributed by atoms with Crippen molar-refractivity contribution in [2.75, 3.05) is 9.80 Å². The molecular weight excluding hydrogens is 2410 g/mol. The van der Waals surface area contributed by atoms with Gasteiger partial charge in [0.2, 0.25) is 0 Å². The topological polar surface area (TPSA) is 218 Å². The first kappa shape index (κ1) is 105. The molecule has 0 saturated heterocycles. The first-order valence-electron chi connectivity index (χ1n) is 49.0. The van der Waals surface area contributed by atoms with Gasteiger partial charge in [0.1, 0.15) is 0 Å². The van der Waals surface area contributed by atoms with Crippen LogP contribution in [0.3, 0.4) is 0 Å². The van der Waals surface area contributed by atoms with Gasteiger partial charge in [0, 0.05) is 114 Å². The minimum absolute atomic E-state index is 0. The summed E-state index contributed by atoms with van der Waals surface area (Å²) in [6, 6.07) is 100. The molecule has 22 heteroatoms. The van der Waals surface area contributed by atoms with Crippen LogP contribution in [0.2, 0.25) is 0 Å². The number of allylic oxidation sites excluding steroid dienone is 4. The Bertz CT molecular complexity index is 7860. The summed E-state index contributed by atoms with van der Waals surface area (Å²) in [4.78, 5) is 84.3. The average Bonchev–Trinajstić information content (AvgIpc) is 1.56. The number of amidine groups is 2. The van der Waals surface area contributed by atoms with Gasteiger partial charge in [-0.1, -0.05) is 410 Å². The van der Waals surface area contributed by atoms with E-state index >= 15 is 0 Å². The zero-order valence-corrected chi connectivity index (χ0v) is 92.9. The quantitative estimate of drug-likeness (QED) is 0.152. The summed E-state index contributed by atoms with van der Waals surface area (Å²) >= 11 is 0. The van der Waals surface area contributed by atoms with Gasteiger partial charge in [-0.25, -0.2) is 0 Å². The first-order valence-corrected chi connectivity index (χ1v) is 49.0. The van der Waals surface area contributed by atoms with Gasteiger partial charge in [-0.2, -0.15) is 0 Å². The average molecular weight is 2530 g/mol. The summed E-state index contributed by atoms with van der Waals surface area (Å²) < 4.78 is 0. The summed E-state index contributed by atoms with van der Waals surface area (Å²) in [5.41, 5.74) is 31.3. The van der Waals surface area contributed by atoms with Crippen molar-refractivity contribution in [3.05, 3.63) is 464 Å². The maximum absolute atomic E-state index is 5.39. The number of fused-ring (bicyclic) bond motifs is 32. The molecule has 1 radical (unpaired) electrons. The van der Waals surface area contributed by atoms with Crippen LogP contribution in [0.15, 0.2) is 391 Å². The Morgan fingerprint density at radius 1 is 0.270 bits per heavy atom. The standard InChI is InChI=1S/C42H28N6.C40H30N4.C24H30N4.C20H22N4.Cu.3Pt/c1-5-13-29(14-6-1)41-33-21-25-37(43-33)47(31-17-9-3-10-18-31)39-27-23-35(45-39)42(30-15-7-2-8-16-30)36-24-28-40(46-36)48(32-19-11-4-12-20-32)38-26-22-34(41)44-38;1-39(2)35-27-17-9-5-13-23(27)31(41-35)21-33-25-15-7-11-19-29(25)37(43-33)40(3,4)38-30-20-12-8-16-26(30)34(44-38)22-32-24-14-6-10-18-28(24)36(39)42-32;1-15-13-19-9-11-22(27-19)24(7,8)18(4)26-16(2)14-20-10-12-21(28-20)23(5,6)17(3)25-15;1-19(2)13-21-11-9-16-6-8-18(24-16)20(3,4)14-22-12-10-15-5-7-17(19)23-15;;;;/h1-28H;5-22H,1-4H3;9-14H,1-8H3;5-14H,1-4H3;;;;/q4*-2;4*+2. The molecule has 745 valence electrons. The molecule has 0 unspecified atom stereocenters. The van der Waals surface area contributed by atoms with E-state index in [1.807, 2.05) is 148 Å². The third-order valence-electron chi connectivity index (χ3n) is 28.2. The maximum atomic E-state index is 5.39. The van der Waals surface area contributed by atoms with Gasteiger partial charge < -0.3 is 49.7 Å². The fourth-order valence-corrected chi connectivity index (χ4v) is 19.7. The number of anilines is 4. The predicted molar refractivity (Wildman–Crippen MR) is 597 cm³/mol. The molecule has 0 N–H and O–H groups in total. The second kappa shape index (κ2) is 42.7. The summed E-state index contributed by atoms with van der Waals surface area (Å²) in [5.74, 6) is 3.09. The van der Waals surface area contributed by atoms with Crippen molar-refractivity contribution in [1.82, 2.24) is 39.9 Å². The number of rotatable bonds is 4. The molecule has 24 bridgehead atoms. The number of hydrogen-bond donors (Lipinski definition) is 0. The zero-order chi connectivity index (χ0) is 99.6. The first-order chi connectivity index (χ1) is 69.5. The molecule has 0 fully saturated rings. The zero-order valence-electron chi connectivity index (χ0n) is 85.1. The van der Waals surface area contributed by atoms with Crippen LogP contribution in [0, 0.1) is 0 Å². The van der Waals surface area contributed by atoms with E-state index in [0.717, 1.165) is 237 Å². The van der Waals surface area contributed by atoms with Gasteiger partial charge in [0.15, 0.2) is 0 Å². The molecule has 0 aliphatic carbocycles. The Labute approximate surface area is 919 Å². The molecule has 8 aromatic carbocycles. The number of benzene rings is 8. The molecular formula is C126H110CuN18Pt3. The van der Waals surface area contributed by atoms with Crippen molar-refractivity contribution in [3.8, 4) is 0 Å². The molecule has 16 heterocycles. The van der Waals surface area contributed by atoms with Crippen LogP contribution in [-0.2, 0) is 113 Å². The second-order valence-corrected chi connectivity index (χ2v) is 40.5. The van der Waals surface area contributed by atoms with Gasteiger partial charge in [0.05, 0.1) is 45.9 Å². The molecule has 18 nitrogen and oxygen atoms in total. The largest absolute Gasteiger partial charge is 2.00 e. The maximum Gasteiger partial charge on any atom is 2.00 e. The van der Waals surface area contributed by atoms with E-state index in [9.17, 15) is 0 Å². The summed E-state index contributed by atoms with van der Waals surface area (Å²) in [7, 11) is 0. The molecule has 8 aromatic heterocycles. The predicted octanol–water partition coefficient (Wildman–Crippen LogP) is 27.3. The number of aromatic nitrogens is 8. The number of hydrogen-bond acceptors (Lipinski definition) is 10. The van der Waals surface area contributed by atoms with E-state index in [4.69, 9.17) is 59.9 Å². The van der Waals surface area contributed by atoms with Crippen molar-refractivity contribution < 1.29 is 80.3 Å². The molecule has 148 heavy (non-hydrogen) atoms. The summed E-state index contributed by atoms with van der Waals surface area (Å²) in [5, 5.41) is 4.55. The molecule has 0 amide bonds. The van der Waals surface area contributed by atoms with Crippen LogP contribution in [0.25, 0.3) is 80.5 Å². The third-order valence-corrected chi connectivity index (χ3v) is 28.2. The van der Waals surface area contributed by atoms with Crippen LogP contribution in [0.4, 0.5) is 23.0 Å². The fourth-order valence-electron chi connectivity index (χ4n) is 19.7. The molecule has 16 aromatic rings. The molecule has 0 saturated carbocycles. The Balaban J connectivity index is 0.000000138. The summed E-state index contributed by atoms with van der Waals surface area (Å²) in [6.45, 7) is 34.2. The molecule has 8 aliphatic heterocycles. The van der Waals surface area contributed by atoms with Crippen LogP contribution >= 0.6 is 0 Å². The molecule has 24 rings (SSSR count). The van der Waals surface area contributed by atoms with Crippen molar-refractivity contribution in [1.29, 1.82) is 0 Å². The van der Waals surface area contributed by atoms with Gasteiger partial charge in [-0.05, 0) is 120 Å². The van der Waals surface area contributed by atoms with Crippen LogP contribution < -0.4 is 49.7 Å². The SMILES string of the molecule is C1=CC2=C(c3ccccc3)c3ccc([n-]3)N(c3ccccc3)C3=NC(=C(c4ccccc4)c4ccc([n-]4)N(c4ccccc4)C1=N2)C=C3.CC1(C)C2=NC(=Cc3[n-]c(c4ccccc34)C(C)(C)C3=NC(=Cc4[n-]c1c1ccccc41)c1ccccc13)c1ccccc12.CC1(C)C=NC=Cc2ccc([n-]2)C(C)(C)C=NC=Cc2ccc1[n-]2.CC1=Cc2ccc([n-]2)C(C)(C)C(C)=NC(C)=Cc2ccc([n-]2)C(C)(C)C(C)=N1.[Cu+2].[Pt+2].[Pt+2].[Pt+2]. The smallest absolute Gasteiger partial charge is 0.661 e. The monoisotopic (exact) mass is 2520 g/mol. The van der Waals surface area contributed by atoms with Gasteiger partial charge in [0.25, 0.3) is 0 Å². The second-order valence-electron chi connectivity index (χ2n) is 40.5. The van der Waals surface area contributed by atoms with E-state index < -0.39 is 10.8 Å². The number of para-hydroxylation sites is 2. The van der Waals surface area contributed by atoms with E-state index in [2.05, 4.69) is 357 Å². The normalized spacial score (nSPS) is 16.9. The van der Waals surface area contributed by atoms with E-state index in [1.54, 1.807) is 12.4 Å². The Morgan fingerprint density at radius 2 is 0.601 bits per heavy atom. The molecule has 8 aliphatic rings. The number of aliphatic imine (C=N–C) groups is 8. The number of nitrogens with zero attached hydrogens (tertiary/aromatic N) is 18. The molecule has 0 atom stereocenters. The molecule has 0 spiro atoms. The van der Waals surface area contributed by atoms with E-state index in [0.29, 0.717) is 0 Å². The summed E-state index contributed by atoms with van der Waals surface area (Å²) in [6.07, 6.45) is 27.9. The van der Waals surface area contributed by atoms with Crippen molar-refractivity contribution in [2.45, 2.75) is 143 Å². The fraction of sp³-hybridized carbons (Fsp3) is 0.175. The minimum Gasteiger partial charge on any atom is -0.661 e.